The molecule has 2 unspecified atom stereocenters. The number of alkyl carbamates (subject to hydrolysis) is 1. The minimum absolute atomic E-state index is 0.0967. The molecule has 2 N–H and O–H groups in total. The van der Waals surface area contributed by atoms with Crippen LogP contribution >= 0.6 is 0 Å². The molecule has 1 aliphatic carbocycles. The zero-order chi connectivity index (χ0) is 27.9. The summed E-state index contributed by atoms with van der Waals surface area (Å²) >= 11 is 0. The second-order valence-corrected chi connectivity index (χ2v) is 11.2. The molecule has 2 rings (SSSR count). The molecule has 3 amide bonds. The molecule has 1 aliphatic rings. The molecule has 0 aliphatic heterocycles. The van der Waals surface area contributed by atoms with Crippen molar-refractivity contribution < 1.29 is 28.7 Å². The number of esters is 1. The Morgan fingerprint density at radius 2 is 1.76 bits per heavy atom. The molecule has 1 aromatic carbocycles. The predicted molar refractivity (Wildman–Crippen MR) is 141 cm³/mol. The van der Waals surface area contributed by atoms with E-state index in [4.69, 9.17) is 4.74 Å². The van der Waals surface area contributed by atoms with E-state index < -0.39 is 35.7 Å². The maximum absolute atomic E-state index is 14.2. The number of carbonyl (C=O) groups excluding carboxylic acids is 4. The normalized spacial score (nSPS) is 15.3. The fraction of sp³-hybridized carbons (Fsp3) is 0.643. The maximum Gasteiger partial charge on any atom is 0.408 e. The summed E-state index contributed by atoms with van der Waals surface area (Å²) in [5.41, 5.74) is 1.75. The Hall–Kier alpha value is -3.10. The number of rotatable bonds is 10. The highest BCUT2D eigenvalue weighted by molar-refractivity contribution is 5.93. The summed E-state index contributed by atoms with van der Waals surface area (Å²) in [5.74, 6) is -1.30. The first-order valence-electron chi connectivity index (χ1n) is 13.0. The van der Waals surface area contributed by atoms with Gasteiger partial charge < -0.3 is 25.0 Å². The van der Waals surface area contributed by atoms with E-state index in [9.17, 15) is 19.2 Å². The SMILES string of the molecule is COC(=O)CNC(=O)C(c1cc(C)ccc1C)N(C(=O)C(CC(C)C)NC(=O)OC(C)(C)C)C1CCC1. The van der Waals surface area contributed by atoms with E-state index in [0.29, 0.717) is 12.0 Å². The molecular weight excluding hydrogens is 474 g/mol. The minimum atomic E-state index is -0.975. The fourth-order valence-corrected chi connectivity index (χ4v) is 4.31. The van der Waals surface area contributed by atoms with Crippen LogP contribution < -0.4 is 10.6 Å². The smallest absolute Gasteiger partial charge is 0.408 e. The van der Waals surface area contributed by atoms with E-state index in [0.717, 1.165) is 30.4 Å². The Morgan fingerprint density at radius 1 is 1.11 bits per heavy atom. The Labute approximate surface area is 220 Å². The first-order chi connectivity index (χ1) is 17.2. The molecule has 0 spiro atoms. The van der Waals surface area contributed by atoms with Crippen molar-refractivity contribution in [2.45, 2.75) is 97.9 Å². The van der Waals surface area contributed by atoms with Crippen LogP contribution in [0.5, 0.6) is 0 Å². The van der Waals surface area contributed by atoms with Gasteiger partial charge in [0, 0.05) is 6.04 Å². The standard InChI is InChI=1S/C28H43N3O6/c1-17(2)14-22(30-27(35)37-28(5,6)7)26(34)31(20-10-9-11-20)24(25(33)29-16-23(32)36-8)21-15-18(3)12-13-19(21)4/h12-13,15,17,20,22,24H,9-11,14,16H2,1-8H3,(H,29,33)(H,30,35). The van der Waals surface area contributed by atoms with Crippen LogP contribution in [0.3, 0.4) is 0 Å². The molecular formula is C28H43N3O6. The number of methoxy groups -OCH3 is 1. The molecule has 206 valence electrons. The van der Waals surface area contributed by atoms with Crippen molar-refractivity contribution in [1.29, 1.82) is 0 Å². The number of amides is 3. The van der Waals surface area contributed by atoms with Crippen LogP contribution in [0.4, 0.5) is 4.79 Å². The lowest BCUT2D eigenvalue weighted by Crippen LogP contribution is -2.58. The Morgan fingerprint density at radius 3 is 2.27 bits per heavy atom. The van der Waals surface area contributed by atoms with Gasteiger partial charge in [-0.1, -0.05) is 37.6 Å². The van der Waals surface area contributed by atoms with Gasteiger partial charge in [-0.05, 0) is 77.3 Å². The monoisotopic (exact) mass is 517 g/mol. The van der Waals surface area contributed by atoms with Crippen molar-refractivity contribution in [3.8, 4) is 0 Å². The predicted octanol–water partition coefficient (Wildman–Crippen LogP) is 3.95. The van der Waals surface area contributed by atoms with Gasteiger partial charge in [-0.25, -0.2) is 4.79 Å². The third-order valence-electron chi connectivity index (χ3n) is 6.31. The van der Waals surface area contributed by atoms with E-state index in [2.05, 4.69) is 15.4 Å². The van der Waals surface area contributed by atoms with Crippen LogP contribution in [-0.2, 0) is 23.9 Å². The number of carbonyl (C=O) groups is 4. The van der Waals surface area contributed by atoms with Crippen molar-refractivity contribution in [3.63, 3.8) is 0 Å². The number of ether oxygens (including phenoxy) is 2. The summed E-state index contributed by atoms with van der Waals surface area (Å²) in [5, 5.41) is 5.41. The minimum Gasteiger partial charge on any atom is -0.468 e. The highest BCUT2D eigenvalue weighted by Crippen LogP contribution is 2.35. The highest BCUT2D eigenvalue weighted by Gasteiger charge is 2.42. The van der Waals surface area contributed by atoms with Crippen molar-refractivity contribution in [2.75, 3.05) is 13.7 Å². The van der Waals surface area contributed by atoms with E-state index in [1.807, 2.05) is 45.9 Å². The molecule has 0 aromatic heterocycles. The quantitative estimate of drug-likeness (QED) is 0.454. The zero-order valence-electron chi connectivity index (χ0n) is 23.5. The molecule has 2 atom stereocenters. The molecule has 0 radical (unpaired) electrons. The molecule has 9 nitrogen and oxygen atoms in total. The largest absolute Gasteiger partial charge is 0.468 e. The zero-order valence-corrected chi connectivity index (χ0v) is 23.5. The van der Waals surface area contributed by atoms with Gasteiger partial charge in [0.15, 0.2) is 0 Å². The highest BCUT2D eigenvalue weighted by atomic mass is 16.6. The molecule has 1 saturated carbocycles. The Bertz CT molecular complexity index is 981. The second-order valence-electron chi connectivity index (χ2n) is 11.2. The van der Waals surface area contributed by atoms with Crippen LogP contribution in [0.1, 0.15) is 83.0 Å². The summed E-state index contributed by atoms with van der Waals surface area (Å²) in [6.45, 7) is 12.7. The fourth-order valence-electron chi connectivity index (χ4n) is 4.31. The van der Waals surface area contributed by atoms with E-state index >= 15 is 0 Å². The van der Waals surface area contributed by atoms with Crippen LogP contribution in [0.15, 0.2) is 18.2 Å². The van der Waals surface area contributed by atoms with Gasteiger partial charge in [0.1, 0.15) is 24.2 Å². The summed E-state index contributed by atoms with van der Waals surface area (Å²) in [4.78, 5) is 53.9. The molecule has 0 bridgehead atoms. The maximum atomic E-state index is 14.2. The van der Waals surface area contributed by atoms with Crippen LogP contribution in [-0.4, -0.2) is 60.1 Å². The average molecular weight is 518 g/mol. The lowest BCUT2D eigenvalue weighted by Gasteiger charge is -2.44. The summed E-state index contributed by atoms with van der Waals surface area (Å²) in [6.07, 6.45) is 2.13. The van der Waals surface area contributed by atoms with Crippen LogP contribution in [0.2, 0.25) is 0 Å². The molecule has 0 heterocycles. The lowest BCUT2D eigenvalue weighted by molar-refractivity contribution is -0.148. The number of hydrogen-bond acceptors (Lipinski definition) is 6. The molecule has 9 heteroatoms. The number of nitrogens with one attached hydrogen (secondary N) is 2. The Kier molecular flexibility index (Phi) is 10.5. The molecule has 0 saturated heterocycles. The third-order valence-corrected chi connectivity index (χ3v) is 6.31. The number of benzene rings is 1. The summed E-state index contributed by atoms with van der Waals surface area (Å²) < 4.78 is 10.1. The van der Waals surface area contributed by atoms with Crippen LogP contribution in [0.25, 0.3) is 0 Å². The van der Waals surface area contributed by atoms with Gasteiger partial charge in [0.05, 0.1) is 7.11 Å². The summed E-state index contributed by atoms with van der Waals surface area (Å²) in [6, 6.07) is 3.74. The molecule has 1 fully saturated rings. The third kappa shape index (κ3) is 8.76. The summed E-state index contributed by atoms with van der Waals surface area (Å²) in [7, 11) is 1.25. The number of aryl methyl sites for hydroxylation is 2. The first kappa shape index (κ1) is 30.1. The van der Waals surface area contributed by atoms with Gasteiger partial charge in [0.25, 0.3) is 0 Å². The van der Waals surface area contributed by atoms with Gasteiger partial charge >= 0.3 is 12.1 Å². The van der Waals surface area contributed by atoms with Gasteiger partial charge in [-0.3, -0.25) is 14.4 Å². The average Bonchev–Trinajstić information content (AvgIpc) is 2.75. The van der Waals surface area contributed by atoms with Crippen molar-refractivity contribution in [1.82, 2.24) is 15.5 Å². The van der Waals surface area contributed by atoms with Crippen molar-refractivity contribution in [2.24, 2.45) is 5.92 Å². The van der Waals surface area contributed by atoms with Gasteiger partial charge in [0.2, 0.25) is 11.8 Å². The van der Waals surface area contributed by atoms with Gasteiger partial charge in [-0.2, -0.15) is 0 Å². The van der Waals surface area contributed by atoms with Crippen LogP contribution in [0, 0.1) is 19.8 Å². The van der Waals surface area contributed by atoms with Crippen molar-refractivity contribution in [3.05, 3.63) is 34.9 Å². The molecule has 1 aromatic rings. The molecule has 37 heavy (non-hydrogen) atoms. The van der Waals surface area contributed by atoms with Gasteiger partial charge in [-0.15, -0.1) is 0 Å². The van der Waals surface area contributed by atoms with Crippen molar-refractivity contribution >= 4 is 23.9 Å². The van der Waals surface area contributed by atoms with E-state index in [-0.39, 0.29) is 24.4 Å². The van der Waals surface area contributed by atoms with E-state index in [1.165, 1.54) is 7.11 Å². The topological polar surface area (TPSA) is 114 Å². The first-order valence-corrected chi connectivity index (χ1v) is 13.0. The second kappa shape index (κ2) is 12.9. The Balaban J connectivity index is 2.53. The number of hydrogen-bond donors (Lipinski definition) is 2. The lowest BCUT2D eigenvalue weighted by atomic mass is 9.86. The number of nitrogens with zero attached hydrogens (tertiary/aromatic N) is 1. The van der Waals surface area contributed by atoms with E-state index in [1.54, 1.807) is 25.7 Å².